The monoisotopic (exact) mass is 628 g/mol. The number of nitrogens with zero attached hydrogens (tertiary/aromatic N) is 2. The van der Waals surface area contributed by atoms with Gasteiger partial charge in [-0.1, -0.05) is 133 Å². The highest BCUT2D eigenvalue weighted by Crippen LogP contribution is 2.36. The third-order valence-corrected chi connectivity index (χ3v) is 9.01. The average Bonchev–Trinajstić information content (AvgIpc) is 3.17. The van der Waals surface area contributed by atoms with Crippen LogP contribution in [-0.2, 0) is 6.54 Å². The summed E-state index contributed by atoms with van der Waals surface area (Å²) in [6.07, 6.45) is 4.42. The highest BCUT2D eigenvalue weighted by Gasteiger charge is 2.13. The summed E-state index contributed by atoms with van der Waals surface area (Å²) >= 11 is 0. The molecule has 0 bridgehead atoms. The molecule has 0 saturated carbocycles. The van der Waals surface area contributed by atoms with E-state index in [1.54, 1.807) is 0 Å². The van der Waals surface area contributed by atoms with Crippen molar-refractivity contribution in [3.63, 3.8) is 0 Å². The number of fused-ring (bicyclic) bond motifs is 2. The van der Waals surface area contributed by atoms with Crippen molar-refractivity contribution in [1.29, 1.82) is 0 Å². The summed E-state index contributed by atoms with van der Waals surface area (Å²) < 4.78 is 0. The van der Waals surface area contributed by atoms with Gasteiger partial charge in [0.05, 0.1) is 0 Å². The zero-order valence-electron chi connectivity index (χ0n) is 27.2. The Labute approximate surface area is 288 Å². The fourth-order valence-corrected chi connectivity index (χ4v) is 6.52. The summed E-state index contributed by atoms with van der Waals surface area (Å²) in [5, 5.41) is 4.89. The molecule has 0 amide bonds. The summed E-state index contributed by atoms with van der Waals surface area (Å²) in [6.45, 7) is 0.808. The second kappa shape index (κ2) is 13.8. The lowest BCUT2D eigenvalue weighted by Gasteiger charge is -2.25. The van der Waals surface area contributed by atoms with Crippen LogP contribution in [0.5, 0.6) is 0 Å². The SMILES string of the molecule is C(=C\c1ccc2cc(N(c3ccccc3)c3ccccc3)ccc2c1)/c1ccc2cc(N(Cc3ccccc3)c3ccccc3)ccc2c1. The fourth-order valence-electron chi connectivity index (χ4n) is 6.52. The maximum atomic E-state index is 2.38. The second-order valence-electron chi connectivity index (χ2n) is 12.3. The molecule has 0 saturated heterocycles. The van der Waals surface area contributed by atoms with Crippen LogP contribution in [0.4, 0.5) is 28.4 Å². The zero-order chi connectivity index (χ0) is 32.8. The Morgan fingerprint density at radius 2 is 0.735 bits per heavy atom. The van der Waals surface area contributed by atoms with Crippen LogP contribution in [0.15, 0.2) is 194 Å². The van der Waals surface area contributed by atoms with Crippen molar-refractivity contribution in [2.45, 2.75) is 6.54 Å². The molecule has 0 fully saturated rings. The molecule has 2 nitrogen and oxygen atoms in total. The minimum atomic E-state index is 0.808. The van der Waals surface area contributed by atoms with Crippen LogP contribution in [0, 0.1) is 0 Å². The summed E-state index contributed by atoms with van der Waals surface area (Å²) in [6, 6.07) is 69.3. The topological polar surface area (TPSA) is 6.48 Å². The van der Waals surface area contributed by atoms with Crippen molar-refractivity contribution < 1.29 is 0 Å². The van der Waals surface area contributed by atoms with Crippen molar-refractivity contribution in [3.8, 4) is 0 Å². The van der Waals surface area contributed by atoms with Gasteiger partial charge >= 0.3 is 0 Å². The van der Waals surface area contributed by atoms with Crippen LogP contribution < -0.4 is 9.80 Å². The van der Waals surface area contributed by atoms with Crippen LogP contribution >= 0.6 is 0 Å². The summed E-state index contributed by atoms with van der Waals surface area (Å²) in [7, 11) is 0. The van der Waals surface area contributed by atoms with E-state index < -0.39 is 0 Å². The Hall–Kier alpha value is -6.38. The Bertz CT molecular complexity index is 2310. The minimum absolute atomic E-state index is 0.808. The van der Waals surface area contributed by atoms with Gasteiger partial charge in [0.25, 0.3) is 0 Å². The molecule has 0 N–H and O–H groups in total. The van der Waals surface area contributed by atoms with Crippen LogP contribution in [0.1, 0.15) is 16.7 Å². The molecule has 0 spiro atoms. The Kier molecular flexibility index (Phi) is 8.43. The molecule has 0 aliphatic heterocycles. The third kappa shape index (κ3) is 6.72. The highest BCUT2D eigenvalue weighted by atomic mass is 15.1. The summed E-state index contributed by atoms with van der Waals surface area (Å²) in [5.74, 6) is 0. The van der Waals surface area contributed by atoms with E-state index in [-0.39, 0.29) is 0 Å². The molecule has 0 radical (unpaired) electrons. The van der Waals surface area contributed by atoms with Gasteiger partial charge in [0.2, 0.25) is 0 Å². The van der Waals surface area contributed by atoms with Crippen molar-refractivity contribution in [2.24, 2.45) is 0 Å². The van der Waals surface area contributed by atoms with Gasteiger partial charge in [-0.15, -0.1) is 0 Å². The smallest absolute Gasteiger partial charge is 0.0481 e. The molecule has 0 unspecified atom stereocenters. The maximum absolute atomic E-state index is 2.38. The number of hydrogen-bond donors (Lipinski definition) is 0. The largest absolute Gasteiger partial charge is 0.337 e. The molecule has 0 aliphatic rings. The molecule has 49 heavy (non-hydrogen) atoms. The standard InChI is InChI=1S/C47H36N2/c1-5-13-38(14-6-1)35-48(43-15-7-2-8-16-43)46-29-27-39-31-36(23-25-41(39)33-46)21-22-37-24-26-42-34-47(30-28-40(42)32-37)49(44-17-9-3-10-18-44)45-19-11-4-12-20-45/h1-34H,35H2/b22-21+. The zero-order valence-corrected chi connectivity index (χ0v) is 27.2. The van der Waals surface area contributed by atoms with E-state index in [9.17, 15) is 0 Å². The first-order valence-electron chi connectivity index (χ1n) is 16.8. The van der Waals surface area contributed by atoms with E-state index in [0.29, 0.717) is 0 Å². The van der Waals surface area contributed by atoms with Crippen LogP contribution in [-0.4, -0.2) is 0 Å². The first kappa shape index (κ1) is 30.0. The number of hydrogen-bond acceptors (Lipinski definition) is 2. The van der Waals surface area contributed by atoms with E-state index in [1.807, 2.05) is 0 Å². The van der Waals surface area contributed by atoms with Crippen molar-refractivity contribution >= 4 is 62.1 Å². The Morgan fingerprint density at radius 1 is 0.327 bits per heavy atom. The van der Waals surface area contributed by atoms with E-state index in [2.05, 4.69) is 216 Å². The first-order valence-corrected chi connectivity index (χ1v) is 16.8. The van der Waals surface area contributed by atoms with E-state index >= 15 is 0 Å². The van der Waals surface area contributed by atoms with Gasteiger partial charge in [-0.25, -0.2) is 0 Å². The molecule has 8 aromatic rings. The second-order valence-corrected chi connectivity index (χ2v) is 12.3. The van der Waals surface area contributed by atoms with Crippen LogP contribution in [0.25, 0.3) is 33.7 Å². The third-order valence-electron chi connectivity index (χ3n) is 9.01. The molecule has 0 heterocycles. The Morgan fingerprint density at radius 3 is 1.27 bits per heavy atom. The number of para-hydroxylation sites is 3. The van der Waals surface area contributed by atoms with Gasteiger partial charge in [-0.3, -0.25) is 0 Å². The number of anilines is 5. The van der Waals surface area contributed by atoms with E-state index in [1.165, 1.54) is 49.6 Å². The molecular weight excluding hydrogens is 593 g/mol. The van der Waals surface area contributed by atoms with Crippen LogP contribution in [0.2, 0.25) is 0 Å². The maximum Gasteiger partial charge on any atom is 0.0481 e. The summed E-state index contributed by atoms with van der Waals surface area (Å²) in [4.78, 5) is 4.69. The molecule has 0 aromatic heterocycles. The lowest BCUT2D eigenvalue weighted by molar-refractivity contribution is 0.977. The van der Waals surface area contributed by atoms with E-state index in [0.717, 1.165) is 23.6 Å². The molecule has 0 atom stereocenters. The predicted molar refractivity (Wildman–Crippen MR) is 210 cm³/mol. The predicted octanol–water partition coefficient (Wildman–Crippen LogP) is 13.0. The molecule has 0 aliphatic carbocycles. The van der Waals surface area contributed by atoms with Crippen molar-refractivity contribution in [3.05, 3.63) is 211 Å². The minimum Gasteiger partial charge on any atom is -0.337 e. The van der Waals surface area contributed by atoms with Gasteiger partial charge in [-0.2, -0.15) is 0 Å². The van der Waals surface area contributed by atoms with Gasteiger partial charge in [0, 0.05) is 35.0 Å². The Balaban J connectivity index is 1.04. The molecule has 8 aromatic carbocycles. The van der Waals surface area contributed by atoms with Crippen molar-refractivity contribution in [1.82, 2.24) is 0 Å². The van der Waals surface area contributed by atoms with Crippen LogP contribution in [0.3, 0.4) is 0 Å². The first-order chi connectivity index (χ1) is 24.3. The quantitative estimate of drug-likeness (QED) is 0.147. The van der Waals surface area contributed by atoms with Gasteiger partial charge in [0.15, 0.2) is 0 Å². The average molecular weight is 629 g/mol. The molecule has 234 valence electrons. The molecular formula is C47H36N2. The van der Waals surface area contributed by atoms with E-state index in [4.69, 9.17) is 0 Å². The fraction of sp³-hybridized carbons (Fsp3) is 0.0213. The van der Waals surface area contributed by atoms with Crippen molar-refractivity contribution in [2.75, 3.05) is 9.80 Å². The van der Waals surface area contributed by atoms with Gasteiger partial charge in [-0.05, 0) is 111 Å². The highest BCUT2D eigenvalue weighted by molar-refractivity contribution is 5.92. The summed E-state index contributed by atoms with van der Waals surface area (Å²) in [5.41, 5.74) is 9.42. The number of rotatable bonds is 9. The molecule has 8 rings (SSSR count). The lowest BCUT2D eigenvalue weighted by Crippen LogP contribution is -2.16. The van der Waals surface area contributed by atoms with Gasteiger partial charge in [0.1, 0.15) is 0 Å². The van der Waals surface area contributed by atoms with Gasteiger partial charge < -0.3 is 9.80 Å². The number of benzene rings is 8. The normalized spacial score (nSPS) is 11.3. The lowest BCUT2D eigenvalue weighted by atomic mass is 10.0. The molecule has 2 heteroatoms.